The summed E-state index contributed by atoms with van der Waals surface area (Å²) in [5, 5.41) is 0. The number of unbranched alkanes of at least 4 members (excludes halogenated alkanes) is 40. The molecule has 0 aliphatic carbocycles. The molecule has 0 N–H and O–H groups in total. The van der Waals surface area contributed by atoms with Crippen LogP contribution in [0.25, 0.3) is 0 Å². The zero-order valence-corrected chi connectivity index (χ0v) is 48.9. The topological polar surface area (TPSA) is 78.9 Å². The van der Waals surface area contributed by atoms with Crippen molar-refractivity contribution in [1.82, 2.24) is 0 Å². The van der Waals surface area contributed by atoms with Crippen LogP contribution in [0.15, 0.2) is 48.6 Å². The first-order valence-corrected chi connectivity index (χ1v) is 32.1. The van der Waals surface area contributed by atoms with Gasteiger partial charge in [0.1, 0.15) is 13.2 Å². The molecule has 0 saturated carbocycles. The number of carbonyl (C=O) groups excluding carboxylic acids is 3. The summed E-state index contributed by atoms with van der Waals surface area (Å²) in [5.74, 6) is -0.903. The third kappa shape index (κ3) is 60.1. The molecule has 0 aromatic heterocycles. The molecule has 0 aliphatic heterocycles. The summed E-state index contributed by atoms with van der Waals surface area (Å²) in [5.41, 5.74) is 0. The fourth-order valence-corrected chi connectivity index (χ4v) is 9.45. The van der Waals surface area contributed by atoms with Crippen LogP contribution >= 0.6 is 0 Å². The second-order valence-corrected chi connectivity index (χ2v) is 21.7. The molecule has 6 nitrogen and oxygen atoms in total. The lowest BCUT2D eigenvalue weighted by Crippen LogP contribution is -2.30. The van der Waals surface area contributed by atoms with E-state index in [9.17, 15) is 14.4 Å². The van der Waals surface area contributed by atoms with Crippen LogP contribution in [-0.4, -0.2) is 37.2 Å². The Bertz CT molecular complexity index is 1270. The van der Waals surface area contributed by atoms with E-state index >= 15 is 0 Å². The van der Waals surface area contributed by atoms with Crippen LogP contribution in [0.4, 0.5) is 0 Å². The average Bonchev–Trinajstić information content (AvgIpc) is 3.39. The van der Waals surface area contributed by atoms with Gasteiger partial charge in [0.25, 0.3) is 0 Å². The number of ether oxygens (including phenoxy) is 3. The normalized spacial score (nSPS) is 12.3. The van der Waals surface area contributed by atoms with Crippen molar-refractivity contribution in [3.05, 3.63) is 48.6 Å². The molecular formula is C67H122O6. The molecular weight excluding hydrogens is 901 g/mol. The third-order valence-corrected chi connectivity index (χ3v) is 14.3. The first kappa shape index (κ1) is 70.4. The molecule has 0 spiro atoms. The van der Waals surface area contributed by atoms with Crippen molar-refractivity contribution >= 4 is 17.9 Å². The van der Waals surface area contributed by atoms with E-state index < -0.39 is 6.10 Å². The summed E-state index contributed by atoms with van der Waals surface area (Å²) in [7, 11) is 0. The van der Waals surface area contributed by atoms with Crippen LogP contribution in [0.2, 0.25) is 0 Å². The lowest BCUT2D eigenvalue weighted by Gasteiger charge is -2.18. The Morgan fingerprint density at radius 2 is 0.493 bits per heavy atom. The van der Waals surface area contributed by atoms with E-state index in [1.54, 1.807) is 0 Å². The van der Waals surface area contributed by atoms with Gasteiger partial charge in [0.2, 0.25) is 0 Å². The molecule has 0 radical (unpaired) electrons. The van der Waals surface area contributed by atoms with Crippen LogP contribution < -0.4 is 0 Å². The fraction of sp³-hybridized carbons (Fsp3) is 0.836. The maximum atomic E-state index is 12.9. The van der Waals surface area contributed by atoms with E-state index in [-0.39, 0.29) is 31.1 Å². The maximum absolute atomic E-state index is 12.9. The molecule has 0 aliphatic rings. The second-order valence-electron chi connectivity index (χ2n) is 21.7. The monoisotopic (exact) mass is 1020 g/mol. The van der Waals surface area contributed by atoms with Crippen molar-refractivity contribution in [3.8, 4) is 0 Å². The minimum absolute atomic E-state index is 0.0828. The van der Waals surface area contributed by atoms with Gasteiger partial charge in [0.05, 0.1) is 0 Å². The van der Waals surface area contributed by atoms with E-state index in [4.69, 9.17) is 14.2 Å². The van der Waals surface area contributed by atoms with Gasteiger partial charge in [0, 0.05) is 19.3 Å². The van der Waals surface area contributed by atoms with Gasteiger partial charge >= 0.3 is 17.9 Å². The van der Waals surface area contributed by atoms with Crippen LogP contribution in [0.5, 0.6) is 0 Å². The smallest absolute Gasteiger partial charge is 0.306 e. The zero-order valence-electron chi connectivity index (χ0n) is 48.9. The van der Waals surface area contributed by atoms with Gasteiger partial charge in [-0.05, 0) is 83.5 Å². The third-order valence-electron chi connectivity index (χ3n) is 14.3. The highest BCUT2D eigenvalue weighted by atomic mass is 16.6. The minimum Gasteiger partial charge on any atom is -0.462 e. The van der Waals surface area contributed by atoms with E-state index in [1.165, 1.54) is 231 Å². The lowest BCUT2D eigenvalue weighted by molar-refractivity contribution is -0.167. The molecule has 0 fully saturated rings. The van der Waals surface area contributed by atoms with E-state index in [0.29, 0.717) is 19.3 Å². The summed E-state index contributed by atoms with van der Waals surface area (Å²) in [4.78, 5) is 38.3. The van der Waals surface area contributed by atoms with E-state index in [0.717, 1.165) is 70.6 Å². The highest BCUT2D eigenvalue weighted by Crippen LogP contribution is 2.17. The van der Waals surface area contributed by atoms with Crippen LogP contribution in [-0.2, 0) is 28.6 Å². The summed E-state index contributed by atoms with van der Waals surface area (Å²) in [6, 6.07) is 0. The van der Waals surface area contributed by atoms with Crippen molar-refractivity contribution in [3.63, 3.8) is 0 Å². The summed E-state index contributed by atoms with van der Waals surface area (Å²) >= 11 is 0. The number of carbonyl (C=O) groups is 3. The Balaban J connectivity index is 4.35. The summed E-state index contributed by atoms with van der Waals surface area (Å²) in [6.07, 6.45) is 76.9. The Morgan fingerprint density at radius 3 is 0.836 bits per heavy atom. The van der Waals surface area contributed by atoms with Gasteiger partial charge < -0.3 is 14.2 Å². The molecule has 426 valence electrons. The predicted octanol–water partition coefficient (Wildman–Crippen LogP) is 21.8. The Labute approximate surface area is 454 Å². The largest absolute Gasteiger partial charge is 0.462 e. The fourth-order valence-electron chi connectivity index (χ4n) is 9.45. The average molecular weight is 1020 g/mol. The number of allylic oxidation sites excluding steroid dienone is 8. The minimum atomic E-state index is -0.788. The van der Waals surface area contributed by atoms with Crippen LogP contribution in [0, 0.1) is 0 Å². The Kier molecular flexibility index (Phi) is 59.7. The second kappa shape index (κ2) is 61.9. The molecule has 1 atom stereocenters. The van der Waals surface area contributed by atoms with Crippen molar-refractivity contribution in [2.75, 3.05) is 13.2 Å². The van der Waals surface area contributed by atoms with Crippen molar-refractivity contribution in [1.29, 1.82) is 0 Å². The molecule has 0 rings (SSSR count). The Hall–Kier alpha value is -2.63. The first-order chi connectivity index (χ1) is 36.0. The van der Waals surface area contributed by atoms with Crippen molar-refractivity contribution < 1.29 is 28.6 Å². The number of hydrogen-bond acceptors (Lipinski definition) is 6. The molecule has 0 amide bonds. The molecule has 0 unspecified atom stereocenters. The van der Waals surface area contributed by atoms with Crippen LogP contribution in [0.1, 0.15) is 342 Å². The predicted molar refractivity (Wildman–Crippen MR) is 316 cm³/mol. The van der Waals surface area contributed by atoms with Crippen molar-refractivity contribution in [2.24, 2.45) is 0 Å². The lowest BCUT2D eigenvalue weighted by atomic mass is 10.0. The molecule has 0 aromatic carbocycles. The quantitative estimate of drug-likeness (QED) is 0.0261. The van der Waals surface area contributed by atoms with Crippen molar-refractivity contribution in [2.45, 2.75) is 348 Å². The van der Waals surface area contributed by atoms with Crippen LogP contribution in [0.3, 0.4) is 0 Å². The molecule has 0 saturated heterocycles. The summed E-state index contributed by atoms with van der Waals surface area (Å²) < 4.78 is 16.9. The SMILES string of the molecule is CCCCC/C=C\C/C=C\C/C=C\CCCCC(=O)OC[C@H](COC(=O)CCCCCCCCCCC/C=C\CCCCCCCC)OC(=O)CCCCCCCCCCCCCCCCCCCCCCC. The highest BCUT2D eigenvalue weighted by Gasteiger charge is 2.19. The number of rotatable bonds is 59. The molecule has 0 heterocycles. The van der Waals surface area contributed by atoms with E-state index in [1.807, 2.05) is 0 Å². The summed E-state index contributed by atoms with van der Waals surface area (Å²) in [6.45, 7) is 6.63. The van der Waals surface area contributed by atoms with Gasteiger partial charge in [-0.1, -0.05) is 288 Å². The van der Waals surface area contributed by atoms with Gasteiger partial charge in [-0.2, -0.15) is 0 Å². The van der Waals surface area contributed by atoms with Gasteiger partial charge in [-0.25, -0.2) is 0 Å². The highest BCUT2D eigenvalue weighted by molar-refractivity contribution is 5.71. The first-order valence-electron chi connectivity index (χ1n) is 32.1. The Morgan fingerprint density at radius 1 is 0.274 bits per heavy atom. The number of hydrogen-bond donors (Lipinski definition) is 0. The van der Waals surface area contributed by atoms with Gasteiger partial charge in [0.15, 0.2) is 6.10 Å². The van der Waals surface area contributed by atoms with Gasteiger partial charge in [-0.3, -0.25) is 14.4 Å². The molecule has 6 heteroatoms. The zero-order chi connectivity index (χ0) is 52.9. The number of esters is 3. The maximum Gasteiger partial charge on any atom is 0.306 e. The molecule has 0 aromatic rings. The van der Waals surface area contributed by atoms with Gasteiger partial charge in [-0.15, -0.1) is 0 Å². The molecule has 0 bridgehead atoms. The van der Waals surface area contributed by atoms with E-state index in [2.05, 4.69) is 69.4 Å². The molecule has 73 heavy (non-hydrogen) atoms. The standard InChI is InChI=1S/C67H122O6/c1-4-7-10-13-16-19-22-25-28-30-32-33-35-37-40-43-46-49-52-55-58-61-67(70)73-64(62-71-65(68)59-56-53-50-47-44-41-38-27-24-21-18-15-12-9-6-3)63-72-66(69)60-57-54-51-48-45-42-39-36-34-31-29-26-23-20-17-14-11-8-5-2/h18,21,26-27,29,38,44,47,64H,4-17,19-20,22-25,28,30-37,39-43,45-46,48-63H2,1-3H3/b21-18-,29-26-,38-27-,47-44-/t64-/m1/s1.